The number of sulfonamides is 1. The van der Waals surface area contributed by atoms with E-state index in [9.17, 15) is 13.5 Å². The third kappa shape index (κ3) is 4.96. The lowest BCUT2D eigenvalue weighted by atomic mass is 10.1. The van der Waals surface area contributed by atoms with E-state index in [1.807, 2.05) is 38.1 Å². The molecule has 0 spiro atoms. The van der Waals surface area contributed by atoms with Crippen molar-refractivity contribution in [3.63, 3.8) is 0 Å². The topological polar surface area (TPSA) is 95.7 Å². The molecule has 28 heavy (non-hydrogen) atoms. The molecule has 2 aliphatic rings. The van der Waals surface area contributed by atoms with E-state index < -0.39 is 10.0 Å². The number of hydrogen-bond acceptors (Lipinski definition) is 7. The van der Waals surface area contributed by atoms with E-state index in [0.29, 0.717) is 12.3 Å². The highest BCUT2D eigenvalue weighted by Crippen LogP contribution is 2.50. The van der Waals surface area contributed by atoms with Crippen LogP contribution < -0.4 is 10.5 Å². The van der Waals surface area contributed by atoms with Crippen molar-refractivity contribution in [2.75, 3.05) is 20.6 Å². The Bertz CT molecular complexity index is 966. The van der Waals surface area contributed by atoms with Gasteiger partial charge in [0.2, 0.25) is 10.0 Å². The SMILES string of the molecule is CCNC1=C2C=C(S(N)(=O)=O)SC2SC(Cc2ccc(O)c(CN(C)C)c2)=C1. The largest absolute Gasteiger partial charge is 0.508 e. The van der Waals surface area contributed by atoms with Gasteiger partial charge >= 0.3 is 0 Å². The summed E-state index contributed by atoms with van der Waals surface area (Å²) in [6, 6.07) is 5.69. The number of benzene rings is 1. The zero-order valence-electron chi connectivity index (χ0n) is 16.1. The molecular weight excluding hydrogens is 414 g/mol. The number of primary sulfonamides is 1. The molecule has 0 aliphatic carbocycles. The number of nitrogens with two attached hydrogens (primary N) is 1. The molecule has 0 saturated heterocycles. The molecule has 0 bridgehead atoms. The van der Waals surface area contributed by atoms with Crippen LogP contribution in [-0.4, -0.2) is 43.6 Å². The molecule has 152 valence electrons. The molecule has 6 nitrogen and oxygen atoms in total. The van der Waals surface area contributed by atoms with Crippen LogP contribution in [0.2, 0.25) is 0 Å². The summed E-state index contributed by atoms with van der Waals surface area (Å²) in [7, 11) is 0.228. The standard InChI is InChI=1S/C19H25N3O3S3/c1-4-21-16-9-14(26-19-15(16)10-18(27-19)28(20,24)25)8-12-5-6-17(23)13(7-12)11-22(2)3/h5-7,9-10,19,21,23H,4,8,11H2,1-3H3,(H2,20,24,25). The van der Waals surface area contributed by atoms with Crippen LogP contribution in [0.4, 0.5) is 0 Å². The highest BCUT2D eigenvalue weighted by Gasteiger charge is 2.34. The summed E-state index contributed by atoms with van der Waals surface area (Å²) in [5.74, 6) is 0.298. The Labute approximate surface area is 175 Å². The van der Waals surface area contributed by atoms with Crippen molar-refractivity contribution in [3.05, 3.63) is 61.9 Å². The average molecular weight is 440 g/mol. The normalized spacial score (nSPS) is 19.5. The van der Waals surface area contributed by atoms with Gasteiger partial charge in [0, 0.05) is 36.3 Å². The minimum Gasteiger partial charge on any atom is -0.508 e. The Morgan fingerprint density at radius 2 is 2.00 bits per heavy atom. The maximum atomic E-state index is 11.8. The van der Waals surface area contributed by atoms with E-state index in [1.165, 1.54) is 11.8 Å². The Hall–Kier alpha value is -1.39. The van der Waals surface area contributed by atoms with Crippen molar-refractivity contribution in [2.24, 2.45) is 5.14 Å². The van der Waals surface area contributed by atoms with Crippen LogP contribution in [0.1, 0.15) is 18.1 Å². The zero-order valence-corrected chi connectivity index (χ0v) is 18.5. The number of rotatable bonds is 7. The van der Waals surface area contributed by atoms with Gasteiger partial charge in [0.1, 0.15) is 9.99 Å². The smallest absolute Gasteiger partial charge is 0.244 e. The lowest BCUT2D eigenvalue weighted by molar-refractivity contribution is 0.385. The highest BCUT2D eigenvalue weighted by atomic mass is 32.3. The predicted octanol–water partition coefficient (Wildman–Crippen LogP) is 2.69. The number of nitrogens with one attached hydrogen (secondary N) is 1. The van der Waals surface area contributed by atoms with Crippen molar-refractivity contribution in [2.45, 2.75) is 24.5 Å². The summed E-state index contributed by atoms with van der Waals surface area (Å²) in [5.41, 5.74) is 3.90. The number of phenols is 1. The van der Waals surface area contributed by atoms with Crippen LogP contribution in [0.3, 0.4) is 0 Å². The highest BCUT2D eigenvalue weighted by molar-refractivity contribution is 8.27. The lowest BCUT2D eigenvalue weighted by Gasteiger charge is -2.23. The monoisotopic (exact) mass is 439 g/mol. The maximum absolute atomic E-state index is 11.8. The van der Waals surface area contributed by atoms with Gasteiger partial charge < -0.3 is 15.3 Å². The van der Waals surface area contributed by atoms with Gasteiger partial charge in [-0.3, -0.25) is 0 Å². The van der Waals surface area contributed by atoms with E-state index in [1.54, 1.807) is 23.9 Å². The van der Waals surface area contributed by atoms with Gasteiger partial charge in [-0.2, -0.15) is 0 Å². The second kappa shape index (κ2) is 8.54. The third-order valence-electron chi connectivity index (χ3n) is 4.28. The molecule has 0 fully saturated rings. The van der Waals surface area contributed by atoms with Gasteiger partial charge in [0.05, 0.1) is 4.58 Å². The number of aromatic hydroxyl groups is 1. The fourth-order valence-corrected chi connectivity index (χ4v) is 7.04. The van der Waals surface area contributed by atoms with Crippen LogP contribution in [0.15, 0.2) is 50.8 Å². The van der Waals surface area contributed by atoms with E-state index in [2.05, 4.69) is 11.4 Å². The number of phenolic OH excluding ortho intramolecular Hbond substituents is 1. The molecule has 9 heteroatoms. The molecule has 0 saturated carbocycles. The van der Waals surface area contributed by atoms with Gasteiger partial charge in [-0.1, -0.05) is 23.9 Å². The second-order valence-electron chi connectivity index (χ2n) is 6.96. The summed E-state index contributed by atoms with van der Waals surface area (Å²) in [4.78, 5) is 3.16. The number of thioether (sulfide) groups is 2. The van der Waals surface area contributed by atoms with Gasteiger partial charge in [0.25, 0.3) is 0 Å². The summed E-state index contributed by atoms with van der Waals surface area (Å²) >= 11 is 2.94. The minimum atomic E-state index is -3.70. The third-order valence-corrected chi connectivity index (χ3v) is 8.37. The van der Waals surface area contributed by atoms with Crippen molar-refractivity contribution in [3.8, 4) is 5.75 Å². The number of fused-ring (bicyclic) bond motifs is 1. The quantitative estimate of drug-likeness (QED) is 0.601. The van der Waals surface area contributed by atoms with Gasteiger partial charge in [-0.25, -0.2) is 13.6 Å². The molecule has 2 heterocycles. The van der Waals surface area contributed by atoms with Crippen LogP contribution in [0.25, 0.3) is 0 Å². The van der Waals surface area contributed by atoms with Crippen molar-refractivity contribution in [1.82, 2.24) is 10.2 Å². The maximum Gasteiger partial charge on any atom is 0.244 e. The average Bonchev–Trinajstić information content (AvgIpc) is 3.02. The molecular formula is C19H25N3O3S3. The number of likely N-dealkylation sites (N-methyl/N-ethyl adjacent to an activating group) is 1. The molecule has 0 amide bonds. The van der Waals surface area contributed by atoms with Crippen LogP contribution in [0, 0.1) is 0 Å². The lowest BCUT2D eigenvalue weighted by Crippen LogP contribution is -2.18. The van der Waals surface area contributed by atoms with Gasteiger partial charge in [-0.15, -0.1) is 11.8 Å². The fraction of sp³-hybridized carbons (Fsp3) is 0.368. The number of hydrogen-bond donors (Lipinski definition) is 3. The number of allylic oxidation sites excluding steroid dienone is 3. The van der Waals surface area contributed by atoms with E-state index in [4.69, 9.17) is 5.14 Å². The molecule has 1 atom stereocenters. The van der Waals surface area contributed by atoms with Gasteiger partial charge in [-0.05, 0) is 49.7 Å². The Morgan fingerprint density at radius 3 is 2.64 bits per heavy atom. The first-order valence-corrected chi connectivity index (χ1v) is 12.2. The first-order chi connectivity index (χ1) is 13.2. The molecule has 2 aliphatic heterocycles. The molecule has 4 N–H and O–H groups in total. The minimum absolute atomic E-state index is 0.0271. The van der Waals surface area contributed by atoms with Crippen molar-refractivity contribution in [1.29, 1.82) is 0 Å². The summed E-state index contributed by atoms with van der Waals surface area (Å²) in [5, 5.41) is 18.8. The van der Waals surface area contributed by atoms with E-state index >= 15 is 0 Å². The van der Waals surface area contributed by atoms with E-state index in [-0.39, 0.29) is 8.82 Å². The molecule has 1 aromatic carbocycles. The molecule has 1 aromatic rings. The fourth-order valence-electron chi connectivity index (χ4n) is 3.11. The first kappa shape index (κ1) is 21.3. The Balaban J connectivity index is 1.87. The zero-order chi connectivity index (χ0) is 20.5. The van der Waals surface area contributed by atoms with Crippen LogP contribution in [0.5, 0.6) is 5.75 Å². The molecule has 0 aromatic heterocycles. The van der Waals surface area contributed by atoms with Gasteiger partial charge in [0.15, 0.2) is 0 Å². The number of nitrogens with zero attached hydrogens (tertiary/aromatic N) is 1. The molecule has 3 rings (SSSR count). The Kier molecular flexibility index (Phi) is 6.51. The second-order valence-corrected chi connectivity index (χ2v) is 11.4. The molecule has 1 unspecified atom stereocenters. The van der Waals surface area contributed by atoms with E-state index in [0.717, 1.165) is 40.3 Å². The van der Waals surface area contributed by atoms with Crippen molar-refractivity contribution < 1.29 is 13.5 Å². The molecule has 0 radical (unpaired) electrons. The van der Waals surface area contributed by atoms with Crippen LogP contribution >= 0.6 is 23.5 Å². The summed E-state index contributed by atoms with van der Waals surface area (Å²) < 4.78 is 23.7. The summed E-state index contributed by atoms with van der Waals surface area (Å²) in [6.07, 6.45) is 4.48. The predicted molar refractivity (Wildman–Crippen MR) is 118 cm³/mol. The van der Waals surface area contributed by atoms with Crippen molar-refractivity contribution >= 4 is 33.5 Å². The first-order valence-electron chi connectivity index (χ1n) is 8.89. The summed E-state index contributed by atoms with van der Waals surface area (Å²) in [6.45, 7) is 3.42. The Morgan fingerprint density at radius 1 is 1.25 bits per heavy atom. The van der Waals surface area contributed by atoms with Crippen LogP contribution in [-0.2, 0) is 23.0 Å².